The van der Waals surface area contributed by atoms with Gasteiger partial charge in [-0.25, -0.2) is 0 Å². The number of aldehydes is 1. The second kappa shape index (κ2) is 3.97. The van der Waals surface area contributed by atoms with Crippen LogP contribution in [-0.2, 0) is 6.54 Å². The maximum Gasteiger partial charge on any atom is 0.151 e. The molecule has 12 heavy (non-hydrogen) atoms. The van der Waals surface area contributed by atoms with Crippen LogP contribution in [0.15, 0.2) is 18.5 Å². The van der Waals surface area contributed by atoms with Gasteiger partial charge in [0.15, 0.2) is 6.29 Å². The molecule has 1 rings (SSSR count). The topological polar surface area (TPSA) is 33.2 Å². The van der Waals surface area contributed by atoms with E-state index in [-0.39, 0.29) is 0 Å². The Balaban J connectivity index is 2.79. The van der Waals surface area contributed by atoms with E-state index >= 15 is 0 Å². The molecule has 0 aliphatic carbocycles. The van der Waals surface area contributed by atoms with Gasteiger partial charge in [-0.15, -0.1) is 0 Å². The predicted molar refractivity (Wildman–Crippen MR) is 47.0 cm³/mol. The Morgan fingerprint density at radius 2 is 2.25 bits per heavy atom. The minimum absolute atomic E-state index is 0.634. The molecule has 1 aromatic rings. The molecule has 0 bridgehead atoms. The Bertz CT molecular complexity index is 271. The summed E-state index contributed by atoms with van der Waals surface area (Å²) in [5.74, 6) is 0. The van der Waals surface area contributed by atoms with E-state index in [0.29, 0.717) is 5.56 Å². The summed E-state index contributed by atoms with van der Waals surface area (Å²) in [4.78, 5) is 16.4. The van der Waals surface area contributed by atoms with Gasteiger partial charge in [0.05, 0.1) is 0 Å². The van der Waals surface area contributed by atoms with Crippen molar-refractivity contribution in [3.63, 3.8) is 0 Å². The van der Waals surface area contributed by atoms with Crippen molar-refractivity contribution in [2.24, 2.45) is 0 Å². The van der Waals surface area contributed by atoms with Crippen molar-refractivity contribution in [2.75, 3.05) is 14.1 Å². The second-order valence-corrected chi connectivity index (χ2v) is 2.98. The molecule has 0 saturated carbocycles. The SMILES string of the molecule is CN(C)Cc1cncc(C=O)c1. The summed E-state index contributed by atoms with van der Waals surface area (Å²) in [7, 11) is 3.96. The molecule has 0 N–H and O–H groups in total. The summed E-state index contributed by atoms with van der Waals surface area (Å²) in [6.07, 6.45) is 4.14. The zero-order chi connectivity index (χ0) is 8.97. The first kappa shape index (κ1) is 8.87. The normalized spacial score (nSPS) is 10.2. The monoisotopic (exact) mass is 164 g/mol. The average Bonchev–Trinajstić information content (AvgIpc) is 2.03. The van der Waals surface area contributed by atoms with E-state index in [9.17, 15) is 4.79 Å². The molecule has 3 heteroatoms. The first-order valence-corrected chi connectivity index (χ1v) is 3.76. The average molecular weight is 164 g/mol. The smallest absolute Gasteiger partial charge is 0.151 e. The fourth-order valence-corrected chi connectivity index (χ4v) is 1.02. The Kier molecular flexibility index (Phi) is 2.94. The van der Waals surface area contributed by atoms with Gasteiger partial charge in [-0.05, 0) is 25.7 Å². The fourth-order valence-electron chi connectivity index (χ4n) is 1.02. The van der Waals surface area contributed by atoms with Crippen LogP contribution in [0.25, 0.3) is 0 Å². The van der Waals surface area contributed by atoms with E-state index in [1.54, 1.807) is 12.4 Å². The van der Waals surface area contributed by atoms with E-state index in [2.05, 4.69) is 4.98 Å². The molecular formula is C9H12N2O. The number of carbonyl (C=O) groups excluding carboxylic acids is 1. The summed E-state index contributed by atoms with van der Waals surface area (Å²) in [5, 5.41) is 0. The lowest BCUT2D eigenvalue weighted by atomic mass is 10.2. The van der Waals surface area contributed by atoms with Gasteiger partial charge >= 0.3 is 0 Å². The lowest BCUT2D eigenvalue weighted by Gasteiger charge is -2.08. The molecule has 0 aromatic carbocycles. The zero-order valence-electron chi connectivity index (χ0n) is 7.32. The summed E-state index contributed by atoms with van der Waals surface area (Å²) < 4.78 is 0. The fraction of sp³-hybridized carbons (Fsp3) is 0.333. The van der Waals surface area contributed by atoms with Crippen molar-refractivity contribution in [1.29, 1.82) is 0 Å². The molecule has 0 amide bonds. The summed E-state index contributed by atoms with van der Waals surface area (Å²) in [5.41, 5.74) is 1.69. The van der Waals surface area contributed by atoms with Crippen molar-refractivity contribution in [3.05, 3.63) is 29.6 Å². The molecule has 0 spiro atoms. The van der Waals surface area contributed by atoms with Gasteiger partial charge in [0.2, 0.25) is 0 Å². The van der Waals surface area contributed by atoms with Crippen LogP contribution in [0.1, 0.15) is 15.9 Å². The molecule has 0 saturated heterocycles. The van der Waals surface area contributed by atoms with E-state index in [0.717, 1.165) is 18.4 Å². The third kappa shape index (κ3) is 2.43. The van der Waals surface area contributed by atoms with Crippen LogP contribution in [0.4, 0.5) is 0 Å². The van der Waals surface area contributed by atoms with Crippen molar-refractivity contribution in [2.45, 2.75) is 6.54 Å². The van der Waals surface area contributed by atoms with Crippen LogP contribution >= 0.6 is 0 Å². The Morgan fingerprint density at radius 3 is 2.83 bits per heavy atom. The van der Waals surface area contributed by atoms with E-state index in [1.807, 2.05) is 25.1 Å². The maximum absolute atomic E-state index is 10.4. The number of nitrogens with zero attached hydrogens (tertiary/aromatic N) is 2. The molecule has 64 valence electrons. The highest BCUT2D eigenvalue weighted by Crippen LogP contribution is 2.02. The maximum atomic E-state index is 10.4. The van der Waals surface area contributed by atoms with Gasteiger partial charge in [-0.2, -0.15) is 0 Å². The molecule has 0 aliphatic rings. The third-order valence-electron chi connectivity index (χ3n) is 1.45. The lowest BCUT2D eigenvalue weighted by molar-refractivity contribution is 0.112. The molecular weight excluding hydrogens is 152 g/mol. The highest BCUT2D eigenvalue weighted by Gasteiger charge is 1.96. The predicted octanol–water partition coefficient (Wildman–Crippen LogP) is 0.956. The van der Waals surface area contributed by atoms with Crippen LogP contribution in [-0.4, -0.2) is 30.3 Å². The minimum atomic E-state index is 0.634. The Labute approximate surface area is 72.0 Å². The van der Waals surface area contributed by atoms with Gasteiger partial charge in [0.25, 0.3) is 0 Å². The summed E-state index contributed by atoms with van der Waals surface area (Å²) in [6.45, 7) is 0.814. The van der Waals surface area contributed by atoms with Crippen molar-refractivity contribution >= 4 is 6.29 Å². The van der Waals surface area contributed by atoms with Crippen molar-refractivity contribution in [1.82, 2.24) is 9.88 Å². The molecule has 0 unspecified atom stereocenters. The number of pyridine rings is 1. The minimum Gasteiger partial charge on any atom is -0.305 e. The highest BCUT2D eigenvalue weighted by molar-refractivity contribution is 5.74. The van der Waals surface area contributed by atoms with E-state index in [1.165, 1.54) is 0 Å². The van der Waals surface area contributed by atoms with Crippen LogP contribution in [0.2, 0.25) is 0 Å². The highest BCUT2D eigenvalue weighted by atomic mass is 16.1. The summed E-state index contributed by atoms with van der Waals surface area (Å²) >= 11 is 0. The van der Waals surface area contributed by atoms with Crippen LogP contribution in [0.5, 0.6) is 0 Å². The zero-order valence-corrected chi connectivity index (χ0v) is 7.32. The molecule has 3 nitrogen and oxygen atoms in total. The number of rotatable bonds is 3. The van der Waals surface area contributed by atoms with Crippen LogP contribution < -0.4 is 0 Å². The van der Waals surface area contributed by atoms with Crippen LogP contribution in [0, 0.1) is 0 Å². The van der Waals surface area contributed by atoms with Gasteiger partial charge in [0.1, 0.15) is 0 Å². The van der Waals surface area contributed by atoms with E-state index in [4.69, 9.17) is 0 Å². The van der Waals surface area contributed by atoms with Gasteiger partial charge < -0.3 is 4.90 Å². The van der Waals surface area contributed by atoms with Gasteiger partial charge in [0, 0.05) is 24.5 Å². The summed E-state index contributed by atoms with van der Waals surface area (Å²) in [6, 6.07) is 1.85. The largest absolute Gasteiger partial charge is 0.305 e. The molecule has 0 radical (unpaired) electrons. The standard InChI is InChI=1S/C9H12N2O/c1-11(2)6-8-3-9(7-12)5-10-4-8/h3-5,7H,6H2,1-2H3. The first-order valence-electron chi connectivity index (χ1n) is 3.76. The van der Waals surface area contributed by atoms with Crippen molar-refractivity contribution in [3.8, 4) is 0 Å². The van der Waals surface area contributed by atoms with E-state index < -0.39 is 0 Å². The number of aromatic nitrogens is 1. The molecule has 0 atom stereocenters. The Morgan fingerprint density at radius 1 is 1.50 bits per heavy atom. The molecule has 0 aliphatic heterocycles. The molecule has 1 heterocycles. The second-order valence-electron chi connectivity index (χ2n) is 2.98. The first-order chi connectivity index (χ1) is 5.72. The lowest BCUT2D eigenvalue weighted by Crippen LogP contribution is -2.10. The molecule has 1 aromatic heterocycles. The number of carbonyl (C=O) groups is 1. The third-order valence-corrected chi connectivity index (χ3v) is 1.45. The number of hydrogen-bond acceptors (Lipinski definition) is 3. The Hall–Kier alpha value is -1.22. The van der Waals surface area contributed by atoms with Gasteiger partial charge in [-0.3, -0.25) is 9.78 Å². The van der Waals surface area contributed by atoms with Crippen molar-refractivity contribution < 1.29 is 4.79 Å². The molecule has 0 fully saturated rings. The number of hydrogen-bond donors (Lipinski definition) is 0. The van der Waals surface area contributed by atoms with Gasteiger partial charge in [-0.1, -0.05) is 0 Å². The quantitative estimate of drug-likeness (QED) is 0.624. The van der Waals surface area contributed by atoms with Crippen LogP contribution in [0.3, 0.4) is 0 Å².